The van der Waals surface area contributed by atoms with Crippen LogP contribution in [0.2, 0.25) is 0 Å². The zero-order valence-corrected chi connectivity index (χ0v) is 21.6. The molecule has 4 rings (SSSR count). The summed E-state index contributed by atoms with van der Waals surface area (Å²) in [7, 11) is 2.21. The SMILES string of the molecule is C=C(N=C(C)/C(=C\C)N1CC(C)CC(N)C1)c1nc2cc(C3CCN(C)CC3)ccc2cc1C. The summed E-state index contributed by atoms with van der Waals surface area (Å²) in [5, 5.41) is 1.18. The maximum absolute atomic E-state index is 6.31. The van der Waals surface area contributed by atoms with Crippen LogP contribution in [-0.4, -0.2) is 59.8 Å². The lowest BCUT2D eigenvalue weighted by Crippen LogP contribution is -2.46. The number of nitrogens with zero attached hydrogens (tertiary/aromatic N) is 4. The van der Waals surface area contributed by atoms with Crippen LogP contribution in [0.15, 0.2) is 47.6 Å². The molecule has 1 aromatic carbocycles. The molecule has 2 saturated heterocycles. The van der Waals surface area contributed by atoms with Crippen molar-refractivity contribution < 1.29 is 0 Å². The number of allylic oxidation sites excluding steroid dienone is 2. The van der Waals surface area contributed by atoms with Gasteiger partial charge in [-0.05, 0) is 95.3 Å². The van der Waals surface area contributed by atoms with Crippen molar-refractivity contribution in [2.75, 3.05) is 33.2 Å². The van der Waals surface area contributed by atoms with Crippen molar-refractivity contribution in [3.63, 3.8) is 0 Å². The lowest BCUT2D eigenvalue weighted by Gasteiger charge is -2.37. The van der Waals surface area contributed by atoms with Gasteiger partial charge in [0.2, 0.25) is 0 Å². The van der Waals surface area contributed by atoms with E-state index < -0.39 is 0 Å². The van der Waals surface area contributed by atoms with Gasteiger partial charge in [0.05, 0.1) is 28.3 Å². The Morgan fingerprint density at radius 3 is 2.62 bits per heavy atom. The summed E-state index contributed by atoms with van der Waals surface area (Å²) >= 11 is 0. The highest BCUT2D eigenvalue weighted by molar-refractivity contribution is 6.00. The van der Waals surface area contributed by atoms with Crippen molar-refractivity contribution >= 4 is 22.3 Å². The second-order valence-electron chi connectivity index (χ2n) is 10.5. The lowest BCUT2D eigenvalue weighted by atomic mass is 9.89. The van der Waals surface area contributed by atoms with Crippen LogP contribution >= 0.6 is 0 Å². The Balaban J connectivity index is 1.59. The number of pyridine rings is 1. The fraction of sp³-hybridized carbons (Fsp3) is 0.517. The van der Waals surface area contributed by atoms with E-state index in [4.69, 9.17) is 15.7 Å². The lowest BCUT2D eigenvalue weighted by molar-refractivity contribution is 0.214. The van der Waals surface area contributed by atoms with Crippen LogP contribution in [0.25, 0.3) is 16.6 Å². The molecule has 182 valence electrons. The molecule has 2 N–H and O–H groups in total. The summed E-state index contributed by atoms with van der Waals surface area (Å²) in [6, 6.07) is 9.22. The summed E-state index contributed by atoms with van der Waals surface area (Å²) in [5.74, 6) is 1.20. The standard InChI is InChI=1S/C29H41N5/c1-7-28(34-17-19(2)14-26(30)18-34)21(4)31-22(5)29-20(3)15-25-9-8-24(16-27(25)32-29)23-10-12-33(6)13-11-23/h7-9,15-16,19,23,26H,5,10-14,17-18,30H2,1-4,6H3/b28-7+,31-21?. The highest BCUT2D eigenvalue weighted by atomic mass is 15.2. The van der Waals surface area contributed by atoms with Crippen LogP contribution < -0.4 is 5.73 Å². The number of fused-ring (bicyclic) bond motifs is 1. The Morgan fingerprint density at radius 1 is 1.21 bits per heavy atom. The fourth-order valence-corrected chi connectivity index (χ4v) is 5.71. The van der Waals surface area contributed by atoms with Gasteiger partial charge < -0.3 is 15.5 Å². The molecule has 2 unspecified atom stereocenters. The van der Waals surface area contributed by atoms with Gasteiger partial charge in [-0.1, -0.05) is 31.7 Å². The van der Waals surface area contributed by atoms with Crippen LogP contribution in [0, 0.1) is 12.8 Å². The Morgan fingerprint density at radius 2 is 1.94 bits per heavy atom. The second kappa shape index (κ2) is 10.4. The van der Waals surface area contributed by atoms with Gasteiger partial charge in [0, 0.05) is 24.5 Å². The number of aliphatic imine (C=N–C) groups is 1. The molecule has 3 heterocycles. The van der Waals surface area contributed by atoms with Crippen LogP contribution in [0.5, 0.6) is 0 Å². The van der Waals surface area contributed by atoms with Crippen molar-refractivity contribution in [3.05, 3.63) is 59.4 Å². The number of piperidine rings is 2. The third kappa shape index (κ3) is 5.42. The smallest absolute Gasteiger partial charge is 0.0917 e. The Hall–Kier alpha value is -2.50. The normalized spacial score (nSPS) is 23.5. The quantitative estimate of drug-likeness (QED) is 0.612. The minimum Gasteiger partial charge on any atom is -0.369 e. The predicted molar refractivity (Wildman–Crippen MR) is 145 cm³/mol. The summed E-state index contributed by atoms with van der Waals surface area (Å²) in [5.41, 5.74) is 13.6. The molecular formula is C29H41N5. The van der Waals surface area contributed by atoms with Crippen molar-refractivity contribution in [2.24, 2.45) is 16.6 Å². The molecule has 5 nitrogen and oxygen atoms in total. The summed E-state index contributed by atoms with van der Waals surface area (Å²) < 4.78 is 0. The number of aromatic nitrogens is 1. The van der Waals surface area contributed by atoms with Gasteiger partial charge in [-0.25, -0.2) is 9.98 Å². The zero-order chi connectivity index (χ0) is 24.4. The number of benzene rings is 1. The predicted octanol–water partition coefficient (Wildman–Crippen LogP) is 5.36. The molecule has 0 aliphatic carbocycles. The Kier molecular flexibility index (Phi) is 7.54. The molecule has 0 spiro atoms. The van der Waals surface area contributed by atoms with Crippen molar-refractivity contribution in [1.82, 2.24) is 14.8 Å². The number of aryl methyl sites for hydroxylation is 1. The van der Waals surface area contributed by atoms with Crippen LogP contribution in [0.1, 0.15) is 62.8 Å². The first-order valence-electron chi connectivity index (χ1n) is 12.8. The first-order chi connectivity index (χ1) is 16.2. The van der Waals surface area contributed by atoms with Gasteiger partial charge in [0.1, 0.15) is 0 Å². The Bertz CT molecular complexity index is 1100. The molecule has 0 amide bonds. The molecule has 2 aliphatic rings. The van der Waals surface area contributed by atoms with E-state index in [9.17, 15) is 0 Å². The third-order valence-corrected chi connectivity index (χ3v) is 7.48. The van der Waals surface area contributed by atoms with Crippen molar-refractivity contribution in [1.29, 1.82) is 0 Å². The number of nitrogens with two attached hydrogens (primary N) is 1. The molecule has 2 aromatic rings. The topological polar surface area (TPSA) is 57.8 Å². The van der Waals surface area contributed by atoms with Crippen molar-refractivity contribution in [3.8, 4) is 0 Å². The molecule has 0 bridgehead atoms. The summed E-state index contributed by atoms with van der Waals surface area (Å²) in [4.78, 5) is 14.8. The highest BCUT2D eigenvalue weighted by Crippen LogP contribution is 2.31. The first kappa shape index (κ1) is 24.6. The van der Waals surface area contributed by atoms with E-state index in [2.05, 4.69) is 81.5 Å². The number of hydrogen-bond acceptors (Lipinski definition) is 5. The molecule has 5 heteroatoms. The highest BCUT2D eigenvalue weighted by Gasteiger charge is 2.24. The van der Waals surface area contributed by atoms with Crippen molar-refractivity contribution in [2.45, 2.75) is 58.9 Å². The molecular weight excluding hydrogens is 418 g/mol. The first-order valence-corrected chi connectivity index (χ1v) is 12.8. The van der Waals surface area contributed by atoms with Crippen LogP contribution in [0.4, 0.5) is 0 Å². The monoisotopic (exact) mass is 459 g/mol. The molecule has 0 saturated carbocycles. The zero-order valence-electron chi connectivity index (χ0n) is 21.6. The molecule has 1 aromatic heterocycles. The molecule has 0 radical (unpaired) electrons. The minimum absolute atomic E-state index is 0.206. The van der Waals surface area contributed by atoms with E-state index >= 15 is 0 Å². The molecule has 2 aliphatic heterocycles. The molecule has 2 fully saturated rings. The largest absolute Gasteiger partial charge is 0.369 e. The van der Waals surface area contributed by atoms with E-state index in [0.29, 0.717) is 11.8 Å². The van der Waals surface area contributed by atoms with Crippen LogP contribution in [0.3, 0.4) is 0 Å². The van der Waals surface area contributed by atoms with E-state index in [-0.39, 0.29) is 6.04 Å². The molecule has 34 heavy (non-hydrogen) atoms. The van der Waals surface area contributed by atoms with Gasteiger partial charge in [-0.15, -0.1) is 0 Å². The average molecular weight is 460 g/mol. The second-order valence-corrected chi connectivity index (χ2v) is 10.5. The molecule has 2 atom stereocenters. The summed E-state index contributed by atoms with van der Waals surface area (Å²) in [6.45, 7) is 17.0. The van der Waals surface area contributed by atoms with Gasteiger partial charge in [0.15, 0.2) is 0 Å². The maximum atomic E-state index is 6.31. The van der Waals surface area contributed by atoms with Gasteiger partial charge >= 0.3 is 0 Å². The van der Waals surface area contributed by atoms with E-state index in [0.717, 1.165) is 66.5 Å². The number of hydrogen-bond donors (Lipinski definition) is 1. The summed E-state index contributed by atoms with van der Waals surface area (Å²) in [6.07, 6.45) is 5.64. The van der Waals surface area contributed by atoms with Gasteiger partial charge in [0.25, 0.3) is 0 Å². The van der Waals surface area contributed by atoms with Gasteiger partial charge in [-0.2, -0.15) is 0 Å². The minimum atomic E-state index is 0.206. The average Bonchev–Trinajstić information content (AvgIpc) is 2.78. The van der Waals surface area contributed by atoms with E-state index in [1.54, 1.807) is 0 Å². The van der Waals surface area contributed by atoms with E-state index in [1.807, 2.05) is 0 Å². The Labute approximate surface area is 205 Å². The van der Waals surface area contributed by atoms with E-state index in [1.165, 1.54) is 23.8 Å². The number of rotatable bonds is 5. The maximum Gasteiger partial charge on any atom is 0.0917 e. The third-order valence-electron chi connectivity index (χ3n) is 7.48. The number of likely N-dealkylation sites (tertiary alicyclic amines) is 2. The van der Waals surface area contributed by atoms with Crippen LogP contribution in [-0.2, 0) is 0 Å². The van der Waals surface area contributed by atoms with Gasteiger partial charge in [-0.3, -0.25) is 0 Å². The fourth-order valence-electron chi connectivity index (χ4n) is 5.71.